The van der Waals surface area contributed by atoms with E-state index in [1.165, 1.54) is 0 Å². The van der Waals surface area contributed by atoms with E-state index in [2.05, 4.69) is 9.97 Å². The Hall–Kier alpha value is -0.830. The van der Waals surface area contributed by atoms with Gasteiger partial charge in [-0.3, -0.25) is 0 Å². The Kier molecular flexibility index (Phi) is 1.53. The van der Waals surface area contributed by atoms with Crippen molar-refractivity contribution in [3.63, 3.8) is 0 Å². The Labute approximate surface area is 53.7 Å². The predicted octanol–water partition coefficient (Wildman–Crippen LogP) is 0.519. The zero-order chi connectivity index (χ0) is 6.85. The summed E-state index contributed by atoms with van der Waals surface area (Å²) in [4.78, 5) is 6.96. The van der Waals surface area contributed by atoms with Crippen molar-refractivity contribution in [3.8, 4) is 0 Å². The Morgan fingerprint density at radius 1 is 1.56 bits per heavy atom. The Morgan fingerprint density at radius 3 is 2.44 bits per heavy atom. The van der Waals surface area contributed by atoms with E-state index in [9.17, 15) is 0 Å². The minimum absolute atomic E-state index is 0.00528. The maximum Gasteiger partial charge on any atom is 0.132 e. The molecule has 0 saturated carbocycles. The fourth-order valence-electron chi connectivity index (χ4n) is 0.696. The molecule has 0 aliphatic rings. The number of H-pyrrole nitrogens is 1. The third-order valence-corrected chi connectivity index (χ3v) is 1.33. The van der Waals surface area contributed by atoms with Crippen molar-refractivity contribution in [1.29, 1.82) is 0 Å². The average Bonchev–Trinajstić information content (AvgIpc) is 2.13. The summed E-state index contributed by atoms with van der Waals surface area (Å²) in [7, 11) is 0. The van der Waals surface area contributed by atoms with Gasteiger partial charge in [0.2, 0.25) is 0 Å². The summed E-state index contributed by atoms with van der Waals surface area (Å²) in [5, 5.41) is 8.58. The number of imidazole rings is 1. The molecule has 9 heavy (non-hydrogen) atoms. The van der Waals surface area contributed by atoms with Crippen molar-refractivity contribution in [1.82, 2.24) is 9.97 Å². The summed E-state index contributed by atoms with van der Waals surface area (Å²) in [5.41, 5.74) is 1.98. The Bertz CT molecular complexity index is 185. The van der Waals surface area contributed by atoms with E-state index in [-0.39, 0.29) is 6.61 Å². The first-order valence-corrected chi connectivity index (χ1v) is 2.87. The number of hydrogen-bond donors (Lipinski definition) is 2. The van der Waals surface area contributed by atoms with E-state index >= 15 is 0 Å². The molecule has 1 rings (SSSR count). The van der Waals surface area contributed by atoms with Crippen molar-refractivity contribution in [2.75, 3.05) is 0 Å². The molecule has 3 heteroatoms. The highest BCUT2D eigenvalue weighted by atomic mass is 16.3. The molecule has 0 amide bonds. The molecule has 1 aromatic rings. The number of nitrogens with zero attached hydrogens (tertiary/aromatic N) is 1. The molecule has 0 aliphatic heterocycles. The van der Waals surface area contributed by atoms with Crippen LogP contribution in [0.25, 0.3) is 0 Å². The van der Waals surface area contributed by atoms with Crippen LogP contribution in [0.4, 0.5) is 0 Å². The van der Waals surface area contributed by atoms with Gasteiger partial charge >= 0.3 is 0 Å². The lowest BCUT2D eigenvalue weighted by Gasteiger charge is -1.81. The largest absolute Gasteiger partial charge is 0.388 e. The van der Waals surface area contributed by atoms with E-state index in [1.54, 1.807) is 0 Å². The summed E-state index contributed by atoms with van der Waals surface area (Å²) >= 11 is 0. The van der Waals surface area contributed by atoms with Gasteiger partial charge in [-0.05, 0) is 13.8 Å². The SMILES string of the molecule is Cc1nc(CO)[nH]c1C. The van der Waals surface area contributed by atoms with Crippen LogP contribution in [0.3, 0.4) is 0 Å². The van der Waals surface area contributed by atoms with Crippen LogP contribution in [0.1, 0.15) is 17.2 Å². The first kappa shape index (κ1) is 6.29. The summed E-state index contributed by atoms with van der Waals surface area (Å²) < 4.78 is 0. The second-order valence-corrected chi connectivity index (χ2v) is 2.05. The van der Waals surface area contributed by atoms with Gasteiger partial charge in [-0.2, -0.15) is 0 Å². The molecule has 3 nitrogen and oxygen atoms in total. The molecule has 0 bridgehead atoms. The highest BCUT2D eigenvalue weighted by Crippen LogP contribution is 2.01. The Balaban J connectivity index is 2.98. The van der Waals surface area contributed by atoms with E-state index in [1.807, 2.05) is 13.8 Å². The molecule has 0 unspecified atom stereocenters. The minimum Gasteiger partial charge on any atom is -0.388 e. The Morgan fingerprint density at radius 2 is 2.22 bits per heavy atom. The molecule has 0 aliphatic carbocycles. The van der Waals surface area contributed by atoms with Crippen LogP contribution in [-0.2, 0) is 6.61 Å². The molecule has 0 saturated heterocycles. The van der Waals surface area contributed by atoms with Gasteiger partial charge in [-0.1, -0.05) is 0 Å². The molecule has 0 atom stereocenters. The lowest BCUT2D eigenvalue weighted by Crippen LogP contribution is -1.84. The van der Waals surface area contributed by atoms with Crippen LogP contribution in [0.5, 0.6) is 0 Å². The van der Waals surface area contributed by atoms with Crippen molar-refractivity contribution >= 4 is 0 Å². The smallest absolute Gasteiger partial charge is 0.132 e. The lowest BCUT2D eigenvalue weighted by atomic mass is 10.4. The highest BCUT2D eigenvalue weighted by molar-refractivity contribution is 5.09. The minimum atomic E-state index is -0.00528. The quantitative estimate of drug-likeness (QED) is 0.576. The number of aromatic nitrogens is 2. The molecule has 50 valence electrons. The third-order valence-electron chi connectivity index (χ3n) is 1.33. The van der Waals surface area contributed by atoms with E-state index in [0.717, 1.165) is 11.4 Å². The van der Waals surface area contributed by atoms with Gasteiger partial charge < -0.3 is 10.1 Å². The van der Waals surface area contributed by atoms with Crippen LogP contribution in [0.2, 0.25) is 0 Å². The summed E-state index contributed by atoms with van der Waals surface area (Å²) in [6, 6.07) is 0. The van der Waals surface area contributed by atoms with Gasteiger partial charge in [0.1, 0.15) is 12.4 Å². The van der Waals surface area contributed by atoms with Gasteiger partial charge in [0, 0.05) is 5.69 Å². The third kappa shape index (κ3) is 1.10. The van der Waals surface area contributed by atoms with Gasteiger partial charge in [0.15, 0.2) is 0 Å². The zero-order valence-electron chi connectivity index (χ0n) is 5.60. The first-order chi connectivity index (χ1) is 4.24. The molecular weight excluding hydrogens is 116 g/mol. The van der Waals surface area contributed by atoms with Gasteiger partial charge in [-0.15, -0.1) is 0 Å². The number of aliphatic hydroxyl groups excluding tert-OH is 1. The fraction of sp³-hybridized carbons (Fsp3) is 0.500. The summed E-state index contributed by atoms with van der Waals surface area (Å²) in [5.74, 6) is 0.644. The second kappa shape index (κ2) is 2.19. The maximum atomic E-state index is 8.58. The molecule has 0 spiro atoms. The molecular formula is C6H10N2O. The van der Waals surface area contributed by atoms with Crippen molar-refractivity contribution in [2.24, 2.45) is 0 Å². The van der Waals surface area contributed by atoms with Crippen LogP contribution >= 0.6 is 0 Å². The van der Waals surface area contributed by atoms with E-state index < -0.39 is 0 Å². The van der Waals surface area contributed by atoms with Crippen LogP contribution < -0.4 is 0 Å². The lowest BCUT2D eigenvalue weighted by molar-refractivity contribution is 0.272. The van der Waals surface area contributed by atoms with Gasteiger partial charge in [0.05, 0.1) is 5.69 Å². The monoisotopic (exact) mass is 126 g/mol. The molecule has 1 aromatic heterocycles. The highest BCUT2D eigenvalue weighted by Gasteiger charge is 1.98. The number of hydrogen-bond acceptors (Lipinski definition) is 2. The number of aromatic amines is 1. The number of rotatable bonds is 1. The molecule has 2 N–H and O–H groups in total. The van der Waals surface area contributed by atoms with Crippen LogP contribution in [-0.4, -0.2) is 15.1 Å². The number of aryl methyl sites for hydroxylation is 2. The average molecular weight is 126 g/mol. The predicted molar refractivity (Wildman–Crippen MR) is 34.0 cm³/mol. The van der Waals surface area contributed by atoms with E-state index in [4.69, 9.17) is 5.11 Å². The summed E-state index contributed by atoms with van der Waals surface area (Å²) in [6.07, 6.45) is 0. The first-order valence-electron chi connectivity index (χ1n) is 2.87. The number of aliphatic hydroxyl groups is 1. The maximum absolute atomic E-state index is 8.58. The fourth-order valence-corrected chi connectivity index (χ4v) is 0.696. The second-order valence-electron chi connectivity index (χ2n) is 2.05. The normalized spacial score (nSPS) is 10.1. The van der Waals surface area contributed by atoms with Crippen molar-refractivity contribution in [3.05, 3.63) is 17.2 Å². The standard InChI is InChI=1S/C6H10N2O/c1-4-5(2)8-6(3-9)7-4/h9H,3H2,1-2H3,(H,7,8). The van der Waals surface area contributed by atoms with Gasteiger partial charge in [-0.25, -0.2) is 4.98 Å². The molecule has 0 radical (unpaired) electrons. The zero-order valence-corrected chi connectivity index (χ0v) is 5.60. The van der Waals surface area contributed by atoms with Crippen molar-refractivity contribution < 1.29 is 5.11 Å². The molecule has 1 heterocycles. The number of nitrogens with one attached hydrogen (secondary N) is 1. The van der Waals surface area contributed by atoms with Gasteiger partial charge in [0.25, 0.3) is 0 Å². The molecule has 0 fully saturated rings. The van der Waals surface area contributed by atoms with Crippen LogP contribution in [0.15, 0.2) is 0 Å². The topological polar surface area (TPSA) is 48.9 Å². The summed E-state index contributed by atoms with van der Waals surface area (Å²) in [6.45, 7) is 3.83. The van der Waals surface area contributed by atoms with Crippen molar-refractivity contribution in [2.45, 2.75) is 20.5 Å². The van der Waals surface area contributed by atoms with E-state index in [0.29, 0.717) is 5.82 Å². The molecule has 0 aromatic carbocycles. The van der Waals surface area contributed by atoms with Crippen LogP contribution in [0, 0.1) is 13.8 Å².